The van der Waals surface area contributed by atoms with Crippen molar-refractivity contribution in [2.45, 2.75) is 4.90 Å². The second kappa shape index (κ2) is 9.22. The topological polar surface area (TPSA) is 128 Å². The number of sulfonamides is 1. The van der Waals surface area contributed by atoms with Gasteiger partial charge in [0, 0.05) is 24.3 Å². The average Bonchev–Trinajstić information content (AvgIpc) is 3.01. The molecule has 1 aliphatic heterocycles. The molecule has 0 radical (unpaired) electrons. The Morgan fingerprint density at radius 3 is 2.23 bits per heavy atom. The number of allylic oxidation sites excluding steroid dienone is 2. The van der Waals surface area contributed by atoms with Gasteiger partial charge in [0.2, 0.25) is 5.95 Å². The molecule has 1 N–H and O–H groups in total. The molecule has 160 valence electrons. The Morgan fingerprint density at radius 1 is 0.968 bits per heavy atom. The van der Waals surface area contributed by atoms with Crippen LogP contribution in [0.5, 0.6) is 0 Å². The quantitative estimate of drug-likeness (QED) is 0.666. The molecule has 0 fully saturated rings. The summed E-state index contributed by atoms with van der Waals surface area (Å²) in [5, 5.41) is 0. The highest BCUT2D eigenvalue weighted by molar-refractivity contribution is 7.92. The Morgan fingerprint density at radius 2 is 1.61 bits per heavy atom. The van der Waals surface area contributed by atoms with Crippen molar-refractivity contribution in [1.82, 2.24) is 9.97 Å². The number of methoxy groups -OCH3 is 2. The second-order valence-corrected chi connectivity index (χ2v) is 7.67. The van der Waals surface area contributed by atoms with Crippen LogP contribution in [0.4, 0.5) is 11.6 Å². The van der Waals surface area contributed by atoms with Gasteiger partial charge in [0.1, 0.15) is 5.70 Å². The number of carbonyl (C=O) groups is 2. The van der Waals surface area contributed by atoms with E-state index in [2.05, 4.69) is 14.7 Å². The van der Waals surface area contributed by atoms with Gasteiger partial charge in [-0.25, -0.2) is 32.7 Å². The van der Waals surface area contributed by atoms with Crippen molar-refractivity contribution in [3.05, 3.63) is 78.4 Å². The lowest BCUT2D eigenvalue weighted by atomic mass is 10.1. The van der Waals surface area contributed by atoms with Crippen molar-refractivity contribution in [3.8, 4) is 0 Å². The van der Waals surface area contributed by atoms with E-state index < -0.39 is 22.0 Å². The number of nitrogens with zero attached hydrogens (tertiary/aromatic N) is 3. The molecular weight excluding hydrogens is 424 g/mol. The van der Waals surface area contributed by atoms with Crippen LogP contribution >= 0.6 is 0 Å². The van der Waals surface area contributed by atoms with Crippen LogP contribution in [0, 0.1) is 0 Å². The van der Waals surface area contributed by atoms with Gasteiger partial charge < -0.3 is 14.4 Å². The Balaban J connectivity index is 1.98. The summed E-state index contributed by atoms with van der Waals surface area (Å²) in [5.41, 5.74) is 0.321. The smallest absolute Gasteiger partial charge is 0.355 e. The van der Waals surface area contributed by atoms with Gasteiger partial charge in [-0.1, -0.05) is 6.08 Å². The summed E-state index contributed by atoms with van der Waals surface area (Å²) >= 11 is 0. The second-order valence-electron chi connectivity index (χ2n) is 5.99. The van der Waals surface area contributed by atoms with E-state index in [0.29, 0.717) is 5.69 Å². The van der Waals surface area contributed by atoms with Crippen molar-refractivity contribution in [1.29, 1.82) is 0 Å². The van der Waals surface area contributed by atoms with Gasteiger partial charge in [0.05, 0.1) is 24.7 Å². The number of rotatable bonds is 6. The average molecular weight is 442 g/mol. The van der Waals surface area contributed by atoms with Crippen molar-refractivity contribution in [3.63, 3.8) is 0 Å². The Bertz CT molecular complexity index is 1170. The predicted octanol–water partition coefficient (Wildman–Crippen LogP) is 1.77. The lowest BCUT2D eigenvalue weighted by Crippen LogP contribution is -2.27. The van der Waals surface area contributed by atoms with Crippen LogP contribution in [0.15, 0.2) is 83.3 Å². The molecule has 0 saturated heterocycles. The van der Waals surface area contributed by atoms with Gasteiger partial charge in [-0.2, -0.15) is 0 Å². The van der Waals surface area contributed by atoms with E-state index in [-0.39, 0.29) is 22.1 Å². The molecule has 10 nitrogen and oxygen atoms in total. The van der Waals surface area contributed by atoms with Gasteiger partial charge in [0.15, 0.2) is 0 Å². The van der Waals surface area contributed by atoms with Crippen LogP contribution in [0.2, 0.25) is 0 Å². The molecule has 2 aromatic rings. The maximum Gasteiger partial charge on any atom is 0.355 e. The first kappa shape index (κ1) is 21.7. The zero-order valence-corrected chi connectivity index (χ0v) is 17.4. The fourth-order valence-corrected chi connectivity index (χ4v) is 3.64. The Labute approximate surface area is 178 Å². The lowest BCUT2D eigenvalue weighted by Gasteiger charge is -2.23. The minimum Gasteiger partial charge on any atom is -0.465 e. The number of benzene rings is 1. The van der Waals surface area contributed by atoms with Crippen LogP contribution in [-0.4, -0.2) is 44.5 Å². The predicted molar refractivity (Wildman–Crippen MR) is 111 cm³/mol. The highest BCUT2D eigenvalue weighted by atomic mass is 32.2. The minimum atomic E-state index is -3.93. The number of nitrogens with one attached hydrogen (secondary N) is 1. The van der Waals surface area contributed by atoms with Crippen molar-refractivity contribution < 1.29 is 27.5 Å². The molecule has 1 aliphatic rings. The van der Waals surface area contributed by atoms with Crippen molar-refractivity contribution in [2.24, 2.45) is 0 Å². The van der Waals surface area contributed by atoms with Crippen LogP contribution < -0.4 is 9.62 Å². The summed E-state index contributed by atoms with van der Waals surface area (Å²) in [7, 11) is -1.55. The first-order chi connectivity index (χ1) is 14.9. The largest absolute Gasteiger partial charge is 0.465 e. The molecule has 1 aromatic heterocycles. The zero-order valence-electron chi connectivity index (χ0n) is 16.6. The van der Waals surface area contributed by atoms with E-state index in [4.69, 9.17) is 9.47 Å². The number of aromatic nitrogens is 2. The first-order valence-electron chi connectivity index (χ1n) is 8.82. The molecule has 0 aliphatic carbocycles. The number of anilines is 2. The maximum atomic E-state index is 12.6. The number of hydrogen-bond acceptors (Lipinski definition) is 9. The molecule has 0 atom stereocenters. The fourth-order valence-electron chi connectivity index (χ4n) is 2.68. The number of esters is 2. The van der Waals surface area contributed by atoms with E-state index >= 15 is 0 Å². The van der Waals surface area contributed by atoms with Gasteiger partial charge >= 0.3 is 11.9 Å². The molecule has 0 amide bonds. The Hall–Kier alpha value is -3.99. The van der Waals surface area contributed by atoms with Gasteiger partial charge in [0.25, 0.3) is 10.0 Å². The number of hydrogen-bond donors (Lipinski definition) is 1. The van der Waals surface area contributed by atoms with E-state index in [1.807, 2.05) is 0 Å². The first-order valence-corrected chi connectivity index (χ1v) is 10.3. The zero-order chi connectivity index (χ0) is 22.4. The van der Waals surface area contributed by atoms with Crippen LogP contribution in [0.1, 0.15) is 0 Å². The molecular formula is C20H18N4O6S. The summed E-state index contributed by atoms with van der Waals surface area (Å²) < 4.78 is 37.0. The molecule has 31 heavy (non-hydrogen) atoms. The summed E-state index contributed by atoms with van der Waals surface area (Å²) in [6.07, 6.45) is 8.96. The third kappa shape index (κ3) is 4.78. The molecule has 2 heterocycles. The summed E-state index contributed by atoms with van der Waals surface area (Å²) in [4.78, 5) is 33.7. The standard InChI is InChI=1S/C20H18N4O6S/c1-29-18(25)16-6-3-4-13-24(17(16)19(26)30-2)14-7-9-15(10-8-14)31(27,28)23-20-21-11-5-12-22-20/h3-13H,1-2H3,(H,21,22,23). The molecule has 1 aromatic carbocycles. The van der Waals surface area contributed by atoms with Crippen LogP contribution in [0.25, 0.3) is 0 Å². The molecule has 0 bridgehead atoms. The third-order valence-corrected chi connectivity index (χ3v) is 5.45. The van der Waals surface area contributed by atoms with Crippen molar-refractivity contribution in [2.75, 3.05) is 23.8 Å². The SMILES string of the molecule is COC(=O)C1=C(C(=O)OC)N(c2ccc(S(=O)(=O)Nc3ncccn3)cc2)C=CC=C1. The summed E-state index contributed by atoms with van der Waals surface area (Å²) in [5.74, 6) is -1.56. The number of ether oxygens (including phenoxy) is 2. The molecule has 11 heteroatoms. The normalized spacial score (nSPS) is 13.5. The highest BCUT2D eigenvalue weighted by Crippen LogP contribution is 2.27. The molecule has 0 unspecified atom stereocenters. The van der Waals surface area contributed by atoms with Gasteiger partial charge in [-0.05, 0) is 42.5 Å². The molecule has 0 spiro atoms. The summed E-state index contributed by atoms with van der Waals surface area (Å²) in [6, 6.07) is 7.21. The van der Waals surface area contributed by atoms with Gasteiger partial charge in [-0.15, -0.1) is 0 Å². The fraction of sp³-hybridized carbons (Fsp3) is 0.100. The van der Waals surface area contributed by atoms with E-state index in [0.717, 1.165) is 0 Å². The molecule has 0 saturated carbocycles. The van der Waals surface area contributed by atoms with E-state index in [1.165, 1.54) is 68.1 Å². The summed E-state index contributed by atoms with van der Waals surface area (Å²) in [6.45, 7) is 0. The van der Waals surface area contributed by atoms with Gasteiger partial charge in [-0.3, -0.25) is 0 Å². The molecule has 3 rings (SSSR count). The lowest BCUT2D eigenvalue weighted by molar-refractivity contribution is -0.139. The van der Waals surface area contributed by atoms with E-state index in [1.54, 1.807) is 18.2 Å². The van der Waals surface area contributed by atoms with E-state index in [9.17, 15) is 18.0 Å². The van der Waals surface area contributed by atoms with Crippen LogP contribution in [0.3, 0.4) is 0 Å². The third-order valence-electron chi connectivity index (χ3n) is 4.11. The Kier molecular flexibility index (Phi) is 6.46. The number of carbonyl (C=O) groups excluding carboxylic acids is 2. The van der Waals surface area contributed by atoms with Crippen molar-refractivity contribution >= 4 is 33.6 Å². The maximum absolute atomic E-state index is 12.6. The van der Waals surface area contributed by atoms with Crippen LogP contribution in [-0.2, 0) is 29.1 Å². The highest BCUT2D eigenvalue weighted by Gasteiger charge is 2.27. The minimum absolute atomic E-state index is 0.0149. The monoisotopic (exact) mass is 442 g/mol.